The highest BCUT2D eigenvalue weighted by atomic mass is 16.4. The van der Waals surface area contributed by atoms with Gasteiger partial charge in [0.15, 0.2) is 0 Å². The van der Waals surface area contributed by atoms with E-state index in [-0.39, 0.29) is 12.3 Å². The van der Waals surface area contributed by atoms with E-state index >= 15 is 0 Å². The summed E-state index contributed by atoms with van der Waals surface area (Å²) in [5, 5.41) is 13.4. The second-order valence-electron chi connectivity index (χ2n) is 6.25. The molecule has 3 aromatic carbocycles. The van der Waals surface area contributed by atoms with Crippen LogP contribution >= 0.6 is 0 Å². The first-order chi connectivity index (χ1) is 12.1. The minimum absolute atomic E-state index is 0.130. The molecule has 1 atom stereocenters. The number of hydrogen-bond donors (Lipinski definition) is 0. The summed E-state index contributed by atoms with van der Waals surface area (Å²) in [6.45, 7) is 0.413. The van der Waals surface area contributed by atoms with Crippen molar-refractivity contribution in [2.45, 2.75) is 19.0 Å². The lowest BCUT2D eigenvalue weighted by atomic mass is 9.95. The van der Waals surface area contributed by atoms with E-state index in [1.54, 1.807) is 11.0 Å². The molecule has 25 heavy (non-hydrogen) atoms. The maximum absolute atomic E-state index is 12.8. The summed E-state index contributed by atoms with van der Waals surface area (Å²) >= 11 is 0. The van der Waals surface area contributed by atoms with E-state index in [9.17, 15) is 14.7 Å². The number of carboxylic acids is 1. The molecule has 4 nitrogen and oxygen atoms in total. The second-order valence-corrected chi connectivity index (χ2v) is 6.25. The third-order valence-corrected chi connectivity index (χ3v) is 4.77. The Morgan fingerprint density at radius 3 is 2.52 bits per heavy atom. The van der Waals surface area contributed by atoms with E-state index in [4.69, 9.17) is 0 Å². The minimum Gasteiger partial charge on any atom is -0.550 e. The summed E-state index contributed by atoms with van der Waals surface area (Å²) in [6, 6.07) is 20.4. The van der Waals surface area contributed by atoms with Gasteiger partial charge in [-0.2, -0.15) is 0 Å². The van der Waals surface area contributed by atoms with Crippen molar-refractivity contribution in [1.29, 1.82) is 0 Å². The third-order valence-electron chi connectivity index (χ3n) is 4.77. The Morgan fingerprint density at radius 1 is 1.00 bits per heavy atom. The summed E-state index contributed by atoms with van der Waals surface area (Å²) in [5.41, 5.74) is 2.41. The Morgan fingerprint density at radius 2 is 1.72 bits per heavy atom. The summed E-state index contributed by atoms with van der Waals surface area (Å²) in [4.78, 5) is 25.9. The fraction of sp³-hybridized carbons (Fsp3) is 0.143. The lowest BCUT2D eigenvalue weighted by Crippen LogP contribution is -2.34. The van der Waals surface area contributed by atoms with Crippen molar-refractivity contribution >= 4 is 22.6 Å². The SMILES string of the molecule is O=C([O-])C[C@H](c1cccc2ccccc12)N1Cc2ccccc2C1=O. The number of fused-ring (bicyclic) bond motifs is 2. The van der Waals surface area contributed by atoms with Crippen LogP contribution in [0.5, 0.6) is 0 Å². The molecule has 0 bridgehead atoms. The van der Waals surface area contributed by atoms with Crippen molar-refractivity contribution in [2.75, 3.05) is 0 Å². The normalized spacial score (nSPS) is 14.6. The quantitative estimate of drug-likeness (QED) is 0.739. The van der Waals surface area contributed by atoms with Crippen LogP contribution in [0.2, 0.25) is 0 Å². The van der Waals surface area contributed by atoms with Crippen molar-refractivity contribution in [1.82, 2.24) is 4.90 Å². The molecular weight excluding hydrogens is 314 g/mol. The largest absolute Gasteiger partial charge is 0.550 e. The monoisotopic (exact) mass is 330 g/mol. The van der Waals surface area contributed by atoms with Gasteiger partial charge >= 0.3 is 0 Å². The number of benzene rings is 3. The molecule has 0 fully saturated rings. The molecule has 124 valence electrons. The third kappa shape index (κ3) is 2.66. The van der Waals surface area contributed by atoms with E-state index in [0.717, 1.165) is 21.9 Å². The van der Waals surface area contributed by atoms with Gasteiger partial charge in [0.05, 0.1) is 6.04 Å². The van der Waals surface area contributed by atoms with Crippen molar-refractivity contribution < 1.29 is 14.7 Å². The van der Waals surface area contributed by atoms with Gasteiger partial charge in [-0.05, 0) is 28.0 Å². The van der Waals surface area contributed by atoms with Crippen molar-refractivity contribution in [3.8, 4) is 0 Å². The predicted octanol–water partition coefficient (Wildman–Crippen LogP) is 2.68. The Kier molecular flexibility index (Phi) is 3.73. The van der Waals surface area contributed by atoms with Gasteiger partial charge in [-0.1, -0.05) is 60.7 Å². The van der Waals surface area contributed by atoms with Crippen LogP contribution in [-0.2, 0) is 11.3 Å². The summed E-state index contributed by atoms with van der Waals surface area (Å²) in [5.74, 6) is -1.29. The lowest BCUT2D eigenvalue weighted by molar-refractivity contribution is -0.306. The Bertz CT molecular complexity index is 974. The fourth-order valence-electron chi connectivity index (χ4n) is 3.62. The molecule has 0 saturated carbocycles. The van der Waals surface area contributed by atoms with Crippen LogP contribution in [0.15, 0.2) is 66.7 Å². The molecule has 1 amide bonds. The number of aliphatic carboxylic acids is 1. The van der Waals surface area contributed by atoms with Crippen LogP contribution in [-0.4, -0.2) is 16.8 Å². The first-order valence-corrected chi connectivity index (χ1v) is 8.21. The van der Waals surface area contributed by atoms with Crippen LogP contribution in [0, 0.1) is 0 Å². The average molecular weight is 330 g/mol. The highest BCUT2D eigenvalue weighted by Gasteiger charge is 2.33. The van der Waals surface area contributed by atoms with E-state index in [2.05, 4.69) is 0 Å². The predicted molar refractivity (Wildman–Crippen MR) is 92.6 cm³/mol. The van der Waals surface area contributed by atoms with Crippen molar-refractivity contribution in [2.24, 2.45) is 0 Å². The summed E-state index contributed by atoms with van der Waals surface area (Å²) < 4.78 is 0. The molecule has 3 aromatic rings. The van der Waals surface area contributed by atoms with Gasteiger partial charge in [-0.25, -0.2) is 0 Å². The molecule has 0 spiro atoms. The van der Waals surface area contributed by atoms with Gasteiger partial charge in [0.1, 0.15) is 0 Å². The molecule has 4 heteroatoms. The van der Waals surface area contributed by atoms with Gasteiger partial charge in [0.2, 0.25) is 0 Å². The van der Waals surface area contributed by atoms with Crippen LogP contribution in [0.25, 0.3) is 10.8 Å². The smallest absolute Gasteiger partial charge is 0.255 e. The Labute approximate surface area is 145 Å². The number of carbonyl (C=O) groups excluding carboxylic acids is 2. The molecule has 1 aliphatic heterocycles. The number of nitrogens with zero attached hydrogens (tertiary/aromatic N) is 1. The molecule has 0 N–H and O–H groups in total. The van der Waals surface area contributed by atoms with Crippen molar-refractivity contribution in [3.05, 3.63) is 83.4 Å². The van der Waals surface area contributed by atoms with Crippen LogP contribution in [0.1, 0.15) is 33.9 Å². The molecule has 0 saturated heterocycles. The molecule has 0 unspecified atom stereocenters. The maximum atomic E-state index is 12.8. The van der Waals surface area contributed by atoms with Gasteiger partial charge in [-0.3, -0.25) is 4.79 Å². The molecule has 0 radical (unpaired) electrons. The molecule has 0 aromatic heterocycles. The van der Waals surface area contributed by atoms with E-state index < -0.39 is 12.0 Å². The average Bonchev–Trinajstić information content (AvgIpc) is 2.96. The van der Waals surface area contributed by atoms with Crippen LogP contribution in [0.4, 0.5) is 0 Å². The van der Waals surface area contributed by atoms with E-state index in [1.807, 2.05) is 60.7 Å². The van der Waals surface area contributed by atoms with Gasteiger partial charge in [0.25, 0.3) is 5.91 Å². The van der Waals surface area contributed by atoms with Crippen LogP contribution in [0.3, 0.4) is 0 Å². The number of carbonyl (C=O) groups is 2. The molecular formula is C21H16NO3-. The Hall–Kier alpha value is -3.14. The number of carboxylic acid groups (broad SMARTS) is 1. The zero-order valence-corrected chi connectivity index (χ0v) is 13.5. The molecule has 1 aliphatic rings. The van der Waals surface area contributed by atoms with Crippen molar-refractivity contribution in [3.63, 3.8) is 0 Å². The highest BCUT2D eigenvalue weighted by molar-refractivity contribution is 5.99. The standard InChI is InChI=1S/C21H17NO3/c23-20(24)12-19(18-11-5-8-14-6-1-3-9-16(14)18)22-13-15-7-2-4-10-17(15)21(22)25/h1-11,19H,12-13H2,(H,23,24)/p-1/t19-/m1/s1. The molecule has 0 aliphatic carbocycles. The zero-order chi connectivity index (χ0) is 17.4. The zero-order valence-electron chi connectivity index (χ0n) is 13.5. The topological polar surface area (TPSA) is 60.4 Å². The highest BCUT2D eigenvalue weighted by Crippen LogP contribution is 2.36. The van der Waals surface area contributed by atoms with Gasteiger partial charge < -0.3 is 14.8 Å². The van der Waals surface area contributed by atoms with E-state index in [1.165, 1.54) is 0 Å². The van der Waals surface area contributed by atoms with Crippen LogP contribution < -0.4 is 5.11 Å². The molecule has 4 rings (SSSR count). The first-order valence-electron chi connectivity index (χ1n) is 8.21. The van der Waals surface area contributed by atoms with Gasteiger partial charge in [-0.15, -0.1) is 0 Å². The van der Waals surface area contributed by atoms with E-state index in [0.29, 0.717) is 12.1 Å². The minimum atomic E-state index is -1.17. The fourth-order valence-corrected chi connectivity index (χ4v) is 3.62. The summed E-state index contributed by atoms with van der Waals surface area (Å²) in [7, 11) is 0. The lowest BCUT2D eigenvalue weighted by Gasteiger charge is -2.29. The number of hydrogen-bond acceptors (Lipinski definition) is 3. The number of rotatable bonds is 4. The maximum Gasteiger partial charge on any atom is 0.255 e. The Balaban J connectivity index is 1.82. The van der Waals surface area contributed by atoms with Gasteiger partial charge in [0, 0.05) is 24.5 Å². The second kappa shape index (κ2) is 6.06. The first kappa shape index (κ1) is 15.4. The summed E-state index contributed by atoms with van der Waals surface area (Å²) in [6.07, 6.45) is -0.228. The number of amides is 1. The molecule has 1 heterocycles.